The predicted molar refractivity (Wildman–Crippen MR) is 131 cm³/mol. The van der Waals surface area contributed by atoms with E-state index in [9.17, 15) is 5.11 Å². The van der Waals surface area contributed by atoms with Crippen LogP contribution in [0, 0.1) is 56.7 Å². The normalized spacial score (nSPS) is 58.3. The Morgan fingerprint density at radius 1 is 0.806 bits per heavy atom. The number of hydrogen-bond donors (Lipinski definition) is 1. The first-order chi connectivity index (χ1) is 14.3. The molecule has 0 aromatic rings. The van der Waals surface area contributed by atoms with Crippen LogP contribution in [0.3, 0.4) is 0 Å². The first-order valence-electron chi connectivity index (χ1n) is 13.7. The van der Waals surface area contributed by atoms with Crippen molar-refractivity contribution in [2.24, 2.45) is 56.7 Å². The largest absolute Gasteiger partial charge is 0.393 e. The van der Waals surface area contributed by atoms with E-state index >= 15 is 0 Å². The summed E-state index contributed by atoms with van der Waals surface area (Å²) in [5.41, 5.74) is 3.58. The fourth-order valence-corrected chi connectivity index (χ4v) is 11.3. The minimum absolute atomic E-state index is 0.0665. The Labute approximate surface area is 192 Å². The van der Waals surface area contributed by atoms with E-state index in [1.165, 1.54) is 51.4 Å². The summed E-state index contributed by atoms with van der Waals surface area (Å²) >= 11 is 0. The van der Waals surface area contributed by atoms with E-state index < -0.39 is 0 Å². The predicted octanol–water partition coefficient (Wildman–Crippen LogP) is 8.02. The van der Waals surface area contributed by atoms with Gasteiger partial charge in [-0.3, -0.25) is 0 Å². The summed E-state index contributed by atoms with van der Waals surface area (Å²) in [4.78, 5) is 0. The van der Waals surface area contributed by atoms with Crippen LogP contribution in [-0.2, 0) is 0 Å². The molecule has 5 rings (SSSR count). The van der Waals surface area contributed by atoms with Gasteiger partial charge in [-0.15, -0.1) is 0 Å². The third kappa shape index (κ3) is 2.65. The van der Waals surface area contributed by atoms with Crippen molar-refractivity contribution < 1.29 is 5.11 Å². The van der Waals surface area contributed by atoms with Gasteiger partial charge in [-0.1, -0.05) is 60.1 Å². The zero-order valence-electron chi connectivity index (χ0n) is 21.9. The smallest absolute Gasteiger partial charge is 0.0594 e. The van der Waals surface area contributed by atoms with Gasteiger partial charge in [0.05, 0.1) is 6.10 Å². The van der Waals surface area contributed by atoms with Crippen molar-refractivity contribution in [2.45, 2.75) is 119 Å². The molecule has 0 saturated heterocycles. The number of fused-ring (bicyclic) bond motifs is 7. The summed E-state index contributed by atoms with van der Waals surface area (Å²) in [5.74, 6) is 4.00. The Kier molecular flexibility index (Phi) is 4.82. The summed E-state index contributed by atoms with van der Waals surface area (Å²) < 4.78 is 0. The number of aliphatic hydroxyl groups excluding tert-OH is 1. The average Bonchev–Trinajstić information content (AvgIpc) is 2.69. The molecule has 0 amide bonds. The topological polar surface area (TPSA) is 20.2 Å². The van der Waals surface area contributed by atoms with Crippen molar-refractivity contribution in [1.82, 2.24) is 0 Å². The molecule has 0 aromatic carbocycles. The molecule has 4 saturated carbocycles. The first kappa shape index (κ1) is 22.5. The summed E-state index contributed by atoms with van der Waals surface area (Å²) in [6.45, 7) is 20.5. The second-order valence-electron chi connectivity index (χ2n) is 14.7. The van der Waals surface area contributed by atoms with Crippen LogP contribution in [0.1, 0.15) is 113 Å². The zero-order chi connectivity index (χ0) is 22.6. The minimum Gasteiger partial charge on any atom is -0.393 e. The lowest BCUT2D eigenvalue weighted by Gasteiger charge is -2.73. The van der Waals surface area contributed by atoms with Crippen LogP contribution in [-0.4, -0.2) is 11.2 Å². The molecule has 1 N–H and O–H groups in total. The van der Waals surface area contributed by atoms with Crippen molar-refractivity contribution in [1.29, 1.82) is 0 Å². The number of allylic oxidation sites excluding steroid dienone is 2. The highest BCUT2D eigenvalue weighted by Crippen LogP contribution is 2.76. The maximum Gasteiger partial charge on any atom is 0.0594 e. The van der Waals surface area contributed by atoms with E-state index in [2.05, 4.69) is 61.5 Å². The second-order valence-corrected chi connectivity index (χ2v) is 14.7. The van der Waals surface area contributed by atoms with Gasteiger partial charge in [0.25, 0.3) is 0 Å². The molecule has 1 heteroatoms. The molecule has 10 atom stereocenters. The molecule has 0 bridgehead atoms. The Morgan fingerprint density at radius 2 is 1.52 bits per heavy atom. The standard InChI is InChI=1S/C30H50O/c1-19-11-14-27(5)17-18-29(7)21(25(27)20(19)2)9-10-23-28(6)15-13-24(31)26(3,4)22(28)12-16-30(23,29)8/h11,20-25,31H,9-10,12-18H2,1-8H3/t20-,21-,22+,23-,24+,25-,27-,28-,29-,30-/m1/s1. The molecule has 5 aliphatic rings. The first-order valence-corrected chi connectivity index (χ1v) is 13.7. The van der Waals surface area contributed by atoms with Crippen molar-refractivity contribution in [3.8, 4) is 0 Å². The Balaban J connectivity index is 1.55. The van der Waals surface area contributed by atoms with Crippen molar-refractivity contribution in [2.75, 3.05) is 0 Å². The van der Waals surface area contributed by atoms with E-state index in [0.717, 1.165) is 30.1 Å². The molecule has 1 nitrogen and oxygen atoms in total. The monoisotopic (exact) mass is 426 g/mol. The Hall–Kier alpha value is -0.300. The number of aliphatic hydroxyl groups is 1. The summed E-state index contributed by atoms with van der Waals surface area (Å²) in [6.07, 6.45) is 14.5. The van der Waals surface area contributed by atoms with Gasteiger partial charge in [0.1, 0.15) is 0 Å². The van der Waals surface area contributed by atoms with E-state index in [-0.39, 0.29) is 11.5 Å². The molecule has 176 valence electrons. The molecular weight excluding hydrogens is 376 g/mol. The molecule has 0 radical (unpaired) electrons. The van der Waals surface area contributed by atoms with Crippen LogP contribution in [0.2, 0.25) is 0 Å². The Bertz CT molecular complexity index is 779. The van der Waals surface area contributed by atoms with Gasteiger partial charge in [0, 0.05) is 0 Å². The lowest BCUT2D eigenvalue weighted by Crippen LogP contribution is -2.67. The summed E-state index contributed by atoms with van der Waals surface area (Å²) in [6, 6.07) is 0. The van der Waals surface area contributed by atoms with Gasteiger partial charge in [-0.05, 0) is 121 Å². The fourth-order valence-electron chi connectivity index (χ4n) is 11.3. The third-order valence-corrected chi connectivity index (χ3v) is 13.5. The molecule has 5 aliphatic carbocycles. The summed E-state index contributed by atoms with van der Waals surface area (Å²) in [5, 5.41) is 10.9. The van der Waals surface area contributed by atoms with Crippen LogP contribution in [0.25, 0.3) is 0 Å². The fraction of sp³-hybridized carbons (Fsp3) is 0.933. The summed E-state index contributed by atoms with van der Waals surface area (Å²) in [7, 11) is 0. The van der Waals surface area contributed by atoms with Gasteiger partial charge in [-0.25, -0.2) is 0 Å². The molecule has 0 spiro atoms. The van der Waals surface area contributed by atoms with Gasteiger partial charge in [-0.2, -0.15) is 0 Å². The maximum atomic E-state index is 10.9. The lowest BCUT2D eigenvalue weighted by atomic mass is 9.31. The van der Waals surface area contributed by atoms with Crippen molar-refractivity contribution >= 4 is 0 Å². The third-order valence-electron chi connectivity index (χ3n) is 13.5. The lowest BCUT2D eigenvalue weighted by molar-refractivity contribution is -0.250. The average molecular weight is 427 g/mol. The van der Waals surface area contributed by atoms with Gasteiger partial charge in [0.2, 0.25) is 0 Å². The van der Waals surface area contributed by atoms with Crippen LogP contribution in [0.5, 0.6) is 0 Å². The minimum atomic E-state index is -0.116. The highest BCUT2D eigenvalue weighted by Gasteiger charge is 2.69. The molecule has 4 fully saturated rings. The number of hydrogen-bond acceptors (Lipinski definition) is 1. The number of rotatable bonds is 0. The second kappa shape index (κ2) is 6.64. The zero-order valence-corrected chi connectivity index (χ0v) is 21.9. The molecular formula is C30H50O. The maximum absolute atomic E-state index is 10.9. The van der Waals surface area contributed by atoms with E-state index in [0.29, 0.717) is 27.6 Å². The van der Waals surface area contributed by atoms with Crippen molar-refractivity contribution in [3.05, 3.63) is 11.6 Å². The van der Waals surface area contributed by atoms with E-state index in [4.69, 9.17) is 0 Å². The Morgan fingerprint density at radius 3 is 2.23 bits per heavy atom. The quantitative estimate of drug-likeness (QED) is 0.389. The van der Waals surface area contributed by atoms with Crippen LogP contribution in [0.4, 0.5) is 0 Å². The van der Waals surface area contributed by atoms with Crippen LogP contribution >= 0.6 is 0 Å². The van der Waals surface area contributed by atoms with Crippen LogP contribution < -0.4 is 0 Å². The molecule has 0 aliphatic heterocycles. The van der Waals surface area contributed by atoms with Crippen molar-refractivity contribution in [3.63, 3.8) is 0 Å². The SMILES string of the molecule is CC1=CC[C@]2(C)CC[C@]3(C)[C@H](CC[C@@H]4[C@]5(C)CC[C@H](O)C(C)(C)[C@@H]5CC[C@]43C)[C@H]2[C@@H]1C. The molecule has 31 heavy (non-hydrogen) atoms. The molecule has 0 aromatic heterocycles. The van der Waals surface area contributed by atoms with Crippen LogP contribution in [0.15, 0.2) is 11.6 Å². The van der Waals surface area contributed by atoms with E-state index in [1.807, 2.05) is 0 Å². The molecule has 0 heterocycles. The highest BCUT2D eigenvalue weighted by atomic mass is 16.3. The van der Waals surface area contributed by atoms with E-state index in [1.54, 1.807) is 5.57 Å². The van der Waals surface area contributed by atoms with Gasteiger partial charge in [0.15, 0.2) is 0 Å². The van der Waals surface area contributed by atoms with Gasteiger partial charge >= 0.3 is 0 Å². The van der Waals surface area contributed by atoms with Gasteiger partial charge < -0.3 is 5.11 Å². The highest BCUT2D eigenvalue weighted by molar-refractivity contribution is 5.22. The molecule has 0 unspecified atom stereocenters.